The Morgan fingerprint density at radius 2 is 1.84 bits per heavy atom. The number of rotatable bonds is 5. The van der Waals surface area contributed by atoms with E-state index in [2.05, 4.69) is 54.4 Å². The molecule has 1 amide bonds. The highest BCUT2D eigenvalue weighted by molar-refractivity contribution is 5.76. The van der Waals surface area contributed by atoms with Crippen LogP contribution in [0.4, 0.5) is 0 Å². The first kappa shape index (κ1) is 20.2. The number of carbonyl (C=O) groups is 1. The van der Waals surface area contributed by atoms with Crippen LogP contribution in [-0.4, -0.2) is 38.5 Å². The number of aryl methyl sites for hydroxylation is 1. The minimum absolute atomic E-state index is 0.334. The van der Waals surface area contributed by atoms with Gasteiger partial charge < -0.3 is 4.90 Å². The van der Waals surface area contributed by atoms with Gasteiger partial charge in [0.15, 0.2) is 11.5 Å². The Labute approximate surface area is 184 Å². The van der Waals surface area contributed by atoms with Gasteiger partial charge in [0.25, 0.3) is 0 Å². The first-order valence-electron chi connectivity index (χ1n) is 11.9. The summed E-state index contributed by atoms with van der Waals surface area (Å²) in [4.78, 5) is 19.5. The molecule has 0 spiro atoms. The smallest absolute Gasteiger partial charge is 0.222 e. The van der Waals surface area contributed by atoms with Crippen molar-refractivity contribution >= 4 is 11.6 Å². The third-order valence-corrected chi connectivity index (χ3v) is 7.15. The quantitative estimate of drug-likeness (QED) is 0.561. The van der Waals surface area contributed by atoms with Crippen molar-refractivity contribution in [1.29, 1.82) is 0 Å². The van der Waals surface area contributed by atoms with Gasteiger partial charge in [-0.15, -0.1) is 0 Å². The molecule has 3 heterocycles. The molecule has 1 aliphatic carbocycles. The first-order valence-corrected chi connectivity index (χ1v) is 11.9. The van der Waals surface area contributed by atoms with Crippen molar-refractivity contribution in [3.63, 3.8) is 0 Å². The predicted molar refractivity (Wildman–Crippen MR) is 123 cm³/mol. The van der Waals surface area contributed by atoms with Crippen LogP contribution in [0.2, 0.25) is 0 Å². The number of nitrogens with zero attached hydrogens (tertiary/aromatic N) is 4. The minimum Gasteiger partial charge on any atom is -0.343 e. The molecule has 1 saturated carbocycles. The van der Waals surface area contributed by atoms with Crippen LogP contribution in [0, 0.1) is 12.8 Å². The normalized spacial score (nSPS) is 18.2. The Kier molecular flexibility index (Phi) is 5.75. The molecule has 31 heavy (non-hydrogen) atoms. The number of hydrogen-bond donors (Lipinski definition) is 0. The van der Waals surface area contributed by atoms with Crippen LogP contribution in [0.3, 0.4) is 0 Å². The van der Waals surface area contributed by atoms with Crippen LogP contribution in [0.1, 0.15) is 68.7 Å². The van der Waals surface area contributed by atoms with E-state index in [1.165, 1.54) is 36.8 Å². The molecule has 162 valence electrons. The maximum atomic E-state index is 12.6. The highest BCUT2D eigenvalue weighted by Crippen LogP contribution is 2.30. The first-order chi connectivity index (χ1) is 15.2. The average Bonchev–Trinajstić information content (AvgIpc) is 3.47. The number of hydrogen-bond acceptors (Lipinski definition) is 3. The number of likely N-dealkylation sites (tertiary alicyclic amines) is 1. The van der Waals surface area contributed by atoms with Crippen molar-refractivity contribution in [2.75, 3.05) is 13.1 Å². The molecule has 2 fully saturated rings. The zero-order valence-corrected chi connectivity index (χ0v) is 18.5. The zero-order chi connectivity index (χ0) is 21.2. The van der Waals surface area contributed by atoms with Gasteiger partial charge in [-0.3, -0.25) is 4.79 Å². The maximum Gasteiger partial charge on any atom is 0.222 e. The maximum absolute atomic E-state index is 12.6. The molecule has 0 radical (unpaired) electrons. The van der Waals surface area contributed by atoms with E-state index < -0.39 is 0 Å². The molecule has 5 rings (SSSR count). The largest absolute Gasteiger partial charge is 0.343 e. The van der Waals surface area contributed by atoms with Crippen molar-refractivity contribution in [3.8, 4) is 11.1 Å². The van der Waals surface area contributed by atoms with Crippen molar-refractivity contribution < 1.29 is 4.79 Å². The van der Waals surface area contributed by atoms with Gasteiger partial charge in [0, 0.05) is 37.2 Å². The number of fused-ring (bicyclic) bond motifs is 1. The van der Waals surface area contributed by atoms with Crippen LogP contribution < -0.4 is 0 Å². The molecule has 1 aromatic carbocycles. The summed E-state index contributed by atoms with van der Waals surface area (Å²) >= 11 is 0. The van der Waals surface area contributed by atoms with Crippen LogP contribution >= 0.6 is 0 Å². The van der Waals surface area contributed by atoms with Crippen molar-refractivity contribution in [3.05, 3.63) is 54.0 Å². The summed E-state index contributed by atoms with van der Waals surface area (Å²) in [5.74, 6) is 2.38. The topological polar surface area (TPSA) is 50.5 Å². The lowest BCUT2D eigenvalue weighted by molar-refractivity contribution is -0.132. The lowest BCUT2D eigenvalue weighted by Gasteiger charge is -2.31. The molecule has 5 heteroatoms. The number of pyridine rings is 1. The monoisotopic (exact) mass is 416 g/mol. The van der Waals surface area contributed by atoms with Gasteiger partial charge in [-0.25, -0.2) is 9.50 Å². The molecule has 0 N–H and O–H groups in total. The number of amides is 1. The fourth-order valence-electron chi connectivity index (χ4n) is 5.24. The second-order valence-corrected chi connectivity index (χ2v) is 9.40. The number of carbonyl (C=O) groups excluding carboxylic acids is 1. The molecular weight excluding hydrogens is 384 g/mol. The summed E-state index contributed by atoms with van der Waals surface area (Å²) < 4.78 is 1.91. The minimum atomic E-state index is 0.334. The Hall–Kier alpha value is -2.69. The second kappa shape index (κ2) is 8.81. The Morgan fingerprint density at radius 1 is 1.03 bits per heavy atom. The molecule has 0 atom stereocenters. The molecular formula is C26H32N4O. The van der Waals surface area contributed by atoms with E-state index in [9.17, 15) is 4.79 Å². The summed E-state index contributed by atoms with van der Waals surface area (Å²) in [5, 5.41) is 4.81. The van der Waals surface area contributed by atoms with Crippen molar-refractivity contribution in [2.24, 2.45) is 5.92 Å². The molecule has 0 unspecified atom stereocenters. The van der Waals surface area contributed by atoms with Crippen LogP contribution in [0.25, 0.3) is 16.8 Å². The summed E-state index contributed by atoms with van der Waals surface area (Å²) in [5.41, 5.74) is 4.49. The molecule has 1 aliphatic heterocycles. The van der Waals surface area contributed by atoms with Crippen LogP contribution in [0.5, 0.6) is 0 Å². The molecule has 0 bridgehead atoms. The Morgan fingerprint density at radius 3 is 2.61 bits per heavy atom. The SMILES string of the molecule is Cc1cccc(-c2ccc3nc(C4CCN(C(=O)CCC5CCCC5)CC4)nn3c2)c1. The fraction of sp³-hybridized carbons (Fsp3) is 0.500. The lowest BCUT2D eigenvalue weighted by Crippen LogP contribution is -2.38. The van der Waals surface area contributed by atoms with Gasteiger partial charge in [-0.1, -0.05) is 55.5 Å². The van der Waals surface area contributed by atoms with E-state index in [0.29, 0.717) is 11.8 Å². The Balaban J connectivity index is 1.22. The average molecular weight is 417 g/mol. The van der Waals surface area contributed by atoms with Gasteiger partial charge in [0.05, 0.1) is 0 Å². The standard InChI is InChI=1S/C26H32N4O/c1-19-5-4-8-22(17-19)23-10-11-24-27-26(28-30(24)18-23)21-13-15-29(16-14-21)25(31)12-9-20-6-2-3-7-20/h4-5,8,10-11,17-18,20-21H,2-3,6-7,9,12-16H2,1H3. The lowest BCUT2D eigenvalue weighted by atomic mass is 9.95. The van der Waals surface area contributed by atoms with E-state index >= 15 is 0 Å². The van der Waals surface area contributed by atoms with Gasteiger partial charge in [-0.2, -0.15) is 5.10 Å². The van der Waals surface area contributed by atoms with Gasteiger partial charge in [0.1, 0.15) is 0 Å². The summed E-state index contributed by atoms with van der Waals surface area (Å²) in [6.45, 7) is 3.78. The zero-order valence-electron chi connectivity index (χ0n) is 18.5. The van der Waals surface area contributed by atoms with E-state index in [-0.39, 0.29) is 0 Å². The highest BCUT2D eigenvalue weighted by atomic mass is 16.2. The number of aromatic nitrogens is 3. The third-order valence-electron chi connectivity index (χ3n) is 7.15. The van der Waals surface area contributed by atoms with E-state index in [0.717, 1.165) is 61.7 Å². The van der Waals surface area contributed by atoms with Crippen LogP contribution in [0.15, 0.2) is 42.6 Å². The Bertz CT molecular complexity index is 1060. The third kappa shape index (κ3) is 4.51. The summed E-state index contributed by atoms with van der Waals surface area (Å²) in [6.07, 6.45) is 11.1. The van der Waals surface area contributed by atoms with Gasteiger partial charge in [0.2, 0.25) is 5.91 Å². The molecule has 2 aromatic heterocycles. The van der Waals surface area contributed by atoms with E-state index in [4.69, 9.17) is 10.1 Å². The van der Waals surface area contributed by atoms with Crippen molar-refractivity contribution in [2.45, 2.75) is 64.2 Å². The van der Waals surface area contributed by atoms with Crippen LogP contribution in [-0.2, 0) is 4.79 Å². The molecule has 1 saturated heterocycles. The second-order valence-electron chi connectivity index (χ2n) is 9.40. The highest BCUT2D eigenvalue weighted by Gasteiger charge is 2.27. The van der Waals surface area contributed by atoms with E-state index in [1.807, 2.05) is 4.52 Å². The molecule has 2 aliphatic rings. The summed E-state index contributed by atoms with van der Waals surface area (Å²) in [6, 6.07) is 12.7. The van der Waals surface area contributed by atoms with Gasteiger partial charge in [-0.05, 0) is 49.8 Å². The van der Waals surface area contributed by atoms with Gasteiger partial charge >= 0.3 is 0 Å². The predicted octanol–water partition coefficient (Wildman–Crippen LogP) is 5.38. The van der Waals surface area contributed by atoms with E-state index in [1.54, 1.807) is 0 Å². The summed E-state index contributed by atoms with van der Waals surface area (Å²) in [7, 11) is 0. The van der Waals surface area contributed by atoms with Crippen molar-refractivity contribution in [1.82, 2.24) is 19.5 Å². The molecule has 3 aromatic rings. The molecule has 5 nitrogen and oxygen atoms in total. The fourth-order valence-corrected chi connectivity index (χ4v) is 5.24. The number of piperidine rings is 1. The number of benzene rings is 1.